The Labute approximate surface area is 131 Å². The number of hydrogen-bond donors (Lipinski definition) is 0. The third-order valence-electron chi connectivity index (χ3n) is 4.68. The smallest absolute Gasteiger partial charge is 0.238 e. The Morgan fingerprint density at radius 3 is 2.05 bits per heavy atom. The van der Waals surface area contributed by atoms with Crippen LogP contribution in [0.15, 0.2) is 0 Å². The summed E-state index contributed by atoms with van der Waals surface area (Å²) in [4.78, 5) is 5.85. The molecule has 0 spiro atoms. The van der Waals surface area contributed by atoms with E-state index in [-0.39, 0.29) is 5.60 Å². The third-order valence-corrected chi connectivity index (χ3v) is 8.99. The van der Waals surface area contributed by atoms with Crippen molar-refractivity contribution in [3.8, 4) is 0 Å². The molecule has 0 aromatic carbocycles. The highest BCUT2D eigenvalue weighted by Gasteiger charge is 2.35. The van der Waals surface area contributed by atoms with Crippen LogP contribution >= 0.6 is 0 Å². The van der Waals surface area contributed by atoms with Gasteiger partial charge in [-0.15, -0.1) is 0 Å². The highest BCUT2D eigenvalue weighted by molar-refractivity contribution is 6.73. The van der Waals surface area contributed by atoms with Crippen molar-refractivity contribution in [1.29, 1.82) is 0 Å². The quantitative estimate of drug-likeness (QED) is 0.334. The van der Waals surface area contributed by atoms with Crippen molar-refractivity contribution in [2.75, 3.05) is 13.2 Å². The summed E-state index contributed by atoms with van der Waals surface area (Å²) < 4.78 is 17.2. The minimum atomic E-state index is -1.68. The summed E-state index contributed by atoms with van der Waals surface area (Å²) in [6, 6.07) is 3.32. The van der Waals surface area contributed by atoms with Gasteiger partial charge < -0.3 is 9.47 Å². The first kappa shape index (κ1) is 19.1. The number of hydrogen-bond acceptors (Lipinski definition) is 4. The first-order valence-electron chi connectivity index (χ1n) is 8.45. The predicted molar refractivity (Wildman–Crippen MR) is 87.6 cm³/mol. The summed E-state index contributed by atoms with van der Waals surface area (Å²) in [6.07, 6.45) is 2.85. The molecule has 4 nitrogen and oxygen atoms in total. The fourth-order valence-electron chi connectivity index (χ4n) is 2.71. The lowest BCUT2D eigenvalue weighted by Gasteiger charge is -2.33. The van der Waals surface area contributed by atoms with Gasteiger partial charge in [0, 0.05) is 6.42 Å². The first-order valence-corrected chi connectivity index (χ1v) is 11.0. The molecule has 0 aromatic heterocycles. The summed E-state index contributed by atoms with van der Waals surface area (Å²) in [6.45, 7) is 14.3. The maximum absolute atomic E-state index is 5.97. The highest BCUT2D eigenvalue weighted by Crippen LogP contribution is 2.30. The van der Waals surface area contributed by atoms with Crippen LogP contribution in [0.25, 0.3) is 0 Å². The molecule has 0 bridgehead atoms. The Morgan fingerprint density at radius 1 is 1.05 bits per heavy atom. The van der Waals surface area contributed by atoms with Gasteiger partial charge in [-0.2, -0.15) is 0 Å². The van der Waals surface area contributed by atoms with E-state index in [1.165, 1.54) is 0 Å². The second-order valence-electron chi connectivity index (χ2n) is 6.85. The van der Waals surface area contributed by atoms with Crippen LogP contribution in [0, 0.1) is 0 Å². The average Bonchev–Trinajstić information content (AvgIpc) is 2.88. The largest absolute Gasteiger partial charge is 0.348 e. The van der Waals surface area contributed by atoms with Crippen LogP contribution in [0.3, 0.4) is 0 Å². The molecule has 1 aliphatic rings. The zero-order valence-electron chi connectivity index (χ0n) is 14.8. The van der Waals surface area contributed by atoms with Crippen molar-refractivity contribution in [3.63, 3.8) is 0 Å². The minimum absolute atomic E-state index is 0.257. The highest BCUT2D eigenvalue weighted by atomic mass is 28.4. The van der Waals surface area contributed by atoms with Crippen molar-refractivity contribution in [2.24, 2.45) is 0 Å². The van der Waals surface area contributed by atoms with Gasteiger partial charge >= 0.3 is 0 Å². The molecule has 1 rings (SSSR count). The van der Waals surface area contributed by atoms with E-state index >= 15 is 0 Å². The van der Waals surface area contributed by atoms with Crippen LogP contribution in [0.2, 0.25) is 18.1 Å². The van der Waals surface area contributed by atoms with E-state index in [1.54, 1.807) is 0 Å². The van der Waals surface area contributed by atoms with Crippen LogP contribution in [0.1, 0.15) is 60.8 Å². The van der Waals surface area contributed by atoms with Crippen LogP contribution in [0.5, 0.6) is 0 Å². The van der Waals surface area contributed by atoms with Crippen molar-refractivity contribution in [1.82, 2.24) is 0 Å². The summed E-state index contributed by atoms with van der Waals surface area (Å²) in [5, 5.41) is 0. The predicted octanol–water partition coefficient (Wildman–Crippen LogP) is 4.65. The minimum Gasteiger partial charge on any atom is -0.348 e. The normalized spacial score (nSPS) is 19.1. The Hall–Kier alpha value is 0.0569. The Bertz CT molecular complexity index is 288. The lowest BCUT2D eigenvalue weighted by Crippen LogP contribution is -2.40. The standard InChI is InChI=1S/C16H34O4Si/c1-7-21(8-2,9-3)20-19-15(4,5)11-10-12-16(6)17-13-14-18-16/h7-14H2,1-6H3. The second-order valence-corrected chi connectivity index (χ2v) is 11.5. The molecule has 0 unspecified atom stereocenters. The third kappa shape index (κ3) is 5.98. The topological polar surface area (TPSA) is 36.9 Å². The van der Waals surface area contributed by atoms with Gasteiger partial charge in [-0.1, -0.05) is 20.8 Å². The summed E-state index contributed by atoms with van der Waals surface area (Å²) in [7, 11) is -1.68. The lowest BCUT2D eigenvalue weighted by atomic mass is 9.99. The van der Waals surface area contributed by atoms with Gasteiger partial charge in [0.05, 0.1) is 18.8 Å². The zero-order valence-corrected chi connectivity index (χ0v) is 15.8. The molecule has 0 radical (unpaired) electrons. The van der Waals surface area contributed by atoms with Gasteiger partial charge in [0.15, 0.2) is 5.79 Å². The Balaban J connectivity index is 2.35. The number of ether oxygens (including phenoxy) is 2. The second kappa shape index (κ2) is 8.06. The van der Waals surface area contributed by atoms with Crippen molar-refractivity contribution >= 4 is 8.32 Å². The van der Waals surface area contributed by atoms with Gasteiger partial charge in [0.1, 0.15) is 0 Å². The molecule has 1 fully saturated rings. The fourth-order valence-corrected chi connectivity index (χ4v) is 4.96. The first-order chi connectivity index (χ1) is 9.80. The molecule has 0 saturated carbocycles. The molecule has 1 aliphatic heterocycles. The molecule has 0 atom stereocenters. The van der Waals surface area contributed by atoms with E-state index in [2.05, 4.69) is 34.6 Å². The summed E-state index contributed by atoms with van der Waals surface area (Å²) in [5.41, 5.74) is -0.257. The molecule has 1 heterocycles. The van der Waals surface area contributed by atoms with E-state index < -0.39 is 14.1 Å². The maximum Gasteiger partial charge on any atom is 0.238 e. The van der Waals surface area contributed by atoms with E-state index in [1.807, 2.05) is 6.92 Å². The molecule has 21 heavy (non-hydrogen) atoms. The van der Waals surface area contributed by atoms with E-state index in [9.17, 15) is 0 Å². The van der Waals surface area contributed by atoms with Gasteiger partial charge in [0.2, 0.25) is 8.32 Å². The Kier molecular flexibility index (Phi) is 7.33. The van der Waals surface area contributed by atoms with Gasteiger partial charge in [-0.3, -0.25) is 4.58 Å². The molecular formula is C16H34O4Si. The van der Waals surface area contributed by atoms with Crippen LogP contribution < -0.4 is 0 Å². The molecule has 1 saturated heterocycles. The van der Waals surface area contributed by atoms with Gasteiger partial charge in [-0.05, 0) is 51.7 Å². The van der Waals surface area contributed by atoms with Crippen molar-refractivity contribution in [2.45, 2.75) is 90.3 Å². The van der Waals surface area contributed by atoms with E-state index in [4.69, 9.17) is 18.9 Å². The molecule has 0 aromatic rings. The molecule has 0 N–H and O–H groups in total. The summed E-state index contributed by atoms with van der Waals surface area (Å²) in [5.74, 6) is -0.397. The van der Waals surface area contributed by atoms with Crippen LogP contribution in [0.4, 0.5) is 0 Å². The van der Waals surface area contributed by atoms with Crippen LogP contribution in [-0.4, -0.2) is 32.9 Å². The SMILES string of the molecule is CC[Si](CC)(CC)OOC(C)(C)CCCC1(C)OCCO1. The molecular weight excluding hydrogens is 284 g/mol. The molecule has 0 amide bonds. The van der Waals surface area contributed by atoms with Crippen molar-refractivity contribution in [3.05, 3.63) is 0 Å². The van der Waals surface area contributed by atoms with Gasteiger partial charge in [0.25, 0.3) is 0 Å². The van der Waals surface area contributed by atoms with E-state index in [0.29, 0.717) is 13.2 Å². The van der Waals surface area contributed by atoms with Gasteiger partial charge in [-0.25, -0.2) is 4.89 Å². The van der Waals surface area contributed by atoms with Crippen molar-refractivity contribution < 1.29 is 18.9 Å². The van der Waals surface area contributed by atoms with Crippen LogP contribution in [-0.2, 0) is 18.9 Å². The average molecular weight is 319 g/mol. The Morgan fingerprint density at radius 2 is 1.57 bits per heavy atom. The summed E-state index contributed by atoms with van der Waals surface area (Å²) >= 11 is 0. The molecule has 0 aliphatic carbocycles. The fraction of sp³-hybridized carbons (Fsp3) is 1.00. The molecule has 126 valence electrons. The maximum atomic E-state index is 5.97. The lowest BCUT2D eigenvalue weighted by molar-refractivity contribution is -0.295. The van der Waals surface area contributed by atoms with E-state index in [0.717, 1.165) is 37.4 Å². The zero-order chi connectivity index (χ0) is 16.0. The monoisotopic (exact) mass is 318 g/mol. The number of rotatable bonds is 10. The molecule has 5 heteroatoms.